The van der Waals surface area contributed by atoms with E-state index in [1.54, 1.807) is 0 Å². The number of hydrogen-bond acceptors (Lipinski definition) is 5. The fraction of sp³-hybridized carbons (Fsp3) is 0.500. The first-order valence-corrected chi connectivity index (χ1v) is 8.62. The van der Waals surface area contributed by atoms with Crippen LogP contribution in [0.3, 0.4) is 0 Å². The number of carbonyl (C=O) groups excluding carboxylic acids is 2. The summed E-state index contributed by atoms with van der Waals surface area (Å²) < 4.78 is 0. The van der Waals surface area contributed by atoms with Crippen molar-refractivity contribution in [1.29, 1.82) is 0 Å². The number of nitrogens with one attached hydrogen (secondary N) is 2. The van der Waals surface area contributed by atoms with Crippen molar-refractivity contribution in [3.05, 3.63) is 22.0 Å². The highest BCUT2D eigenvalue weighted by Gasteiger charge is 2.25. The van der Waals surface area contributed by atoms with Crippen LogP contribution >= 0.6 is 11.3 Å². The minimum Gasteiger partial charge on any atom is -0.354 e. The molecule has 2 aromatic rings. The lowest BCUT2D eigenvalue weighted by Crippen LogP contribution is -2.45. The quantitative estimate of drug-likeness (QED) is 0.881. The summed E-state index contributed by atoms with van der Waals surface area (Å²) in [6, 6.07) is -0.455. The van der Waals surface area contributed by atoms with Crippen LogP contribution in [0, 0.1) is 20.8 Å². The monoisotopic (exact) mass is 332 g/mol. The molecule has 23 heavy (non-hydrogen) atoms. The average Bonchev–Trinajstić information content (AvgIpc) is 2.68. The average molecular weight is 332 g/mol. The second-order valence-electron chi connectivity index (χ2n) is 5.91. The minimum absolute atomic E-state index is 0.0959. The maximum absolute atomic E-state index is 12.6. The molecule has 1 atom stereocenters. The lowest BCUT2D eigenvalue weighted by molar-refractivity contribution is -0.122. The van der Waals surface area contributed by atoms with Gasteiger partial charge in [-0.3, -0.25) is 9.59 Å². The minimum atomic E-state index is -0.455. The van der Waals surface area contributed by atoms with Gasteiger partial charge >= 0.3 is 0 Å². The molecule has 0 bridgehead atoms. The Morgan fingerprint density at radius 1 is 1.26 bits per heavy atom. The Morgan fingerprint density at radius 3 is 2.83 bits per heavy atom. The Kier molecular flexibility index (Phi) is 4.30. The van der Waals surface area contributed by atoms with E-state index in [1.165, 1.54) is 11.3 Å². The first kappa shape index (κ1) is 15.9. The van der Waals surface area contributed by atoms with Gasteiger partial charge in [0.05, 0.1) is 4.88 Å². The molecule has 2 aromatic heterocycles. The molecule has 3 rings (SSSR count). The van der Waals surface area contributed by atoms with Crippen LogP contribution in [0.25, 0.3) is 10.2 Å². The molecule has 0 radical (unpaired) electrons. The molecule has 0 saturated carbocycles. The van der Waals surface area contributed by atoms with E-state index in [0.717, 1.165) is 34.3 Å². The van der Waals surface area contributed by atoms with Crippen LogP contribution in [0.15, 0.2) is 0 Å². The smallest absolute Gasteiger partial charge is 0.262 e. The number of rotatable bonds is 2. The van der Waals surface area contributed by atoms with Gasteiger partial charge in [0.1, 0.15) is 16.7 Å². The molecule has 6 nitrogen and oxygen atoms in total. The molecular formula is C16H20N4O2S. The predicted molar refractivity (Wildman–Crippen MR) is 89.7 cm³/mol. The Hall–Kier alpha value is -2.02. The Bertz CT molecular complexity index is 784. The first-order chi connectivity index (χ1) is 11.0. The maximum atomic E-state index is 12.6. The Morgan fingerprint density at radius 2 is 2.04 bits per heavy atom. The van der Waals surface area contributed by atoms with E-state index in [9.17, 15) is 9.59 Å². The second-order valence-corrected chi connectivity index (χ2v) is 6.90. The van der Waals surface area contributed by atoms with Crippen molar-refractivity contribution in [3.8, 4) is 0 Å². The molecule has 1 aliphatic rings. The van der Waals surface area contributed by atoms with Gasteiger partial charge in [-0.15, -0.1) is 11.3 Å². The van der Waals surface area contributed by atoms with Crippen molar-refractivity contribution in [3.63, 3.8) is 0 Å². The van der Waals surface area contributed by atoms with E-state index >= 15 is 0 Å². The van der Waals surface area contributed by atoms with E-state index < -0.39 is 6.04 Å². The van der Waals surface area contributed by atoms with Crippen molar-refractivity contribution in [2.24, 2.45) is 0 Å². The summed E-state index contributed by atoms with van der Waals surface area (Å²) in [6.45, 7) is 6.36. The van der Waals surface area contributed by atoms with Crippen molar-refractivity contribution >= 4 is 33.4 Å². The van der Waals surface area contributed by atoms with Crippen molar-refractivity contribution in [2.75, 3.05) is 6.54 Å². The number of thiophene rings is 1. The number of amides is 2. The van der Waals surface area contributed by atoms with E-state index in [0.29, 0.717) is 23.7 Å². The van der Waals surface area contributed by atoms with Gasteiger partial charge in [-0.1, -0.05) is 0 Å². The second kappa shape index (κ2) is 6.23. The molecule has 1 aliphatic heterocycles. The Balaban J connectivity index is 1.90. The number of fused-ring (bicyclic) bond motifs is 1. The van der Waals surface area contributed by atoms with Gasteiger partial charge in [0.15, 0.2) is 0 Å². The van der Waals surface area contributed by atoms with E-state index in [-0.39, 0.29) is 11.8 Å². The van der Waals surface area contributed by atoms with Crippen LogP contribution in [0.2, 0.25) is 0 Å². The molecule has 0 aromatic carbocycles. The largest absolute Gasteiger partial charge is 0.354 e. The molecule has 3 heterocycles. The molecule has 1 fully saturated rings. The van der Waals surface area contributed by atoms with Gasteiger partial charge in [0.25, 0.3) is 5.91 Å². The molecule has 122 valence electrons. The lowest BCUT2D eigenvalue weighted by atomic mass is 10.1. The summed E-state index contributed by atoms with van der Waals surface area (Å²) >= 11 is 1.36. The van der Waals surface area contributed by atoms with E-state index in [2.05, 4.69) is 20.6 Å². The number of carbonyl (C=O) groups is 2. The molecular weight excluding hydrogens is 312 g/mol. The fourth-order valence-electron chi connectivity index (χ4n) is 2.99. The van der Waals surface area contributed by atoms with E-state index in [1.807, 2.05) is 20.8 Å². The summed E-state index contributed by atoms with van der Waals surface area (Å²) in [5, 5.41) is 6.65. The molecule has 0 spiro atoms. The van der Waals surface area contributed by atoms with Gasteiger partial charge in [-0.05, 0) is 45.6 Å². The van der Waals surface area contributed by atoms with Crippen LogP contribution < -0.4 is 10.6 Å². The van der Waals surface area contributed by atoms with Gasteiger partial charge in [-0.25, -0.2) is 9.97 Å². The highest BCUT2D eigenvalue weighted by molar-refractivity contribution is 7.20. The zero-order valence-electron chi connectivity index (χ0n) is 13.5. The summed E-state index contributed by atoms with van der Waals surface area (Å²) in [6.07, 6.45) is 2.56. The van der Waals surface area contributed by atoms with Crippen molar-refractivity contribution in [1.82, 2.24) is 20.6 Å². The summed E-state index contributed by atoms with van der Waals surface area (Å²) in [4.78, 5) is 34.9. The third-order valence-electron chi connectivity index (χ3n) is 4.13. The van der Waals surface area contributed by atoms with E-state index in [4.69, 9.17) is 0 Å². The Labute approximate surface area is 138 Å². The topological polar surface area (TPSA) is 84.0 Å². The summed E-state index contributed by atoms with van der Waals surface area (Å²) in [5.41, 5.74) is 1.77. The SMILES string of the molecule is Cc1nc(C)c2c(C)c(C(=O)N[C@@H]3CCCCNC3=O)sc2n1. The summed E-state index contributed by atoms with van der Waals surface area (Å²) in [7, 11) is 0. The molecule has 2 amide bonds. The van der Waals surface area contributed by atoms with Gasteiger partial charge < -0.3 is 10.6 Å². The highest BCUT2D eigenvalue weighted by atomic mass is 32.1. The molecule has 1 saturated heterocycles. The van der Waals surface area contributed by atoms with Crippen LogP contribution in [-0.2, 0) is 4.79 Å². The van der Waals surface area contributed by atoms with Gasteiger partial charge in [0.2, 0.25) is 5.91 Å². The molecule has 0 unspecified atom stereocenters. The first-order valence-electron chi connectivity index (χ1n) is 7.80. The van der Waals surface area contributed by atoms with Gasteiger partial charge in [-0.2, -0.15) is 0 Å². The van der Waals surface area contributed by atoms with Gasteiger partial charge in [0, 0.05) is 17.6 Å². The normalized spacial score (nSPS) is 18.6. The zero-order chi connectivity index (χ0) is 16.6. The fourth-order valence-corrected chi connectivity index (χ4v) is 4.17. The standard InChI is InChI=1S/C16H20N4O2S/c1-8-12-9(2)18-10(3)19-16(12)23-13(8)15(22)20-11-6-4-5-7-17-14(11)21/h11H,4-7H2,1-3H3,(H,17,21)(H,20,22)/t11-/m1/s1. The maximum Gasteiger partial charge on any atom is 0.262 e. The van der Waals surface area contributed by atoms with Crippen LogP contribution in [0.1, 0.15) is 46.0 Å². The molecule has 0 aliphatic carbocycles. The van der Waals surface area contributed by atoms with Crippen molar-refractivity contribution in [2.45, 2.75) is 46.1 Å². The predicted octanol–water partition coefficient (Wildman–Crippen LogP) is 2.02. The third-order valence-corrected chi connectivity index (χ3v) is 5.31. The number of hydrogen-bond donors (Lipinski definition) is 2. The van der Waals surface area contributed by atoms with Crippen LogP contribution in [-0.4, -0.2) is 34.4 Å². The number of aromatic nitrogens is 2. The lowest BCUT2D eigenvalue weighted by Gasteiger charge is -2.14. The highest BCUT2D eigenvalue weighted by Crippen LogP contribution is 2.31. The molecule has 7 heteroatoms. The van der Waals surface area contributed by atoms with Crippen LogP contribution in [0.5, 0.6) is 0 Å². The zero-order valence-corrected chi connectivity index (χ0v) is 14.3. The van der Waals surface area contributed by atoms with Crippen molar-refractivity contribution < 1.29 is 9.59 Å². The third kappa shape index (κ3) is 3.06. The number of nitrogens with zero attached hydrogens (tertiary/aromatic N) is 2. The number of aryl methyl sites for hydroxylation is 3. The molecule has 2 N–H and O–H groups in total. The summed E-state index contributed by atoms with van der Waals surface area (Å²) in [5.74, 6) is 0.400. The van der Waals surface area contributed by atoms with Crippen LogP contribution in [0.4, 0.5) is 0 Å².